The molecule has 1 aromatic heterocycles. The van der Waals surface area contributed by atoms with Crippen LogP contribution in [0.2, 0.25) is 5.02 Å². The smallest absolute Gasteiger partial charge is 0.323 e. The van der Waals surface area contributed by atoms with E-state index < -0.39 is 4.92 Å². The molecule has 100 valence electrons. The first-order chi connectivity index (χ1) is 9.49. The third kappa shape index (κ3) is 2.99. The summed E-state index contributed by atoms with van der Waals surface area (Å²) in [6, 6.07) is 7.10. The first-order valence-electron chi connectivity index (χ1n) is 5.37. The zero-order chi connectivity index (χ0) is 14.7. The Labute approximate surface area is 118 Å². The number of nitro benzene ring substituents is 1. The minimum atomic E-state index is -0.563. The number of nitrogens with zero attached hydrogens (tertiary/aromatic N) is 4. The van der Waals surface area contributed by atoms with Crippen molar-refractivity contribution < 1.29 is 9.66 Å². The summed E-state index contributed by atoms with van der Waals surface area (Å²) in [6.45, 7) is 1.69. The van der Waals surface area contributed by atoms with Gasteiger partial charge in [0.15, 0.2) is 0 Å². The average molecular weight is 291 g/mol. The fourth-order valence-corrected chi connectivity index (χ4v) is 1.64. The minimum absolute atomic E-state index is 0.0442. The van der Waals surface area contributed by atoms with Crippen LogP contribution in [0.3, 0.4) is 0 Å². The van der Waals surface area contributed by atoms with E-state index in [0.29, 0.717) is 5.69 Å². The molecule has 0 spiro atoms. The van der Waals surface area contributed by atoms with E-state index >= 15 is 0 Å². The summed E-state index contributed by atoms with van der Waals surface area (Å²) in [5, 5.41) is 19.5. The van der Waals surface area contributed by atoms with Crippen LogP contribution in [0.25, 0.3) is 0 Å². The van der Waals surface area contributed by atoms with Crippen molar-refractivity contribution in [3.05, 3.63) is 50.8 Å². The highest BCUT2D eigenvalue weighted by Gasteiger charge is 2.12. The van der Waals surface area contributed by atoms with Gasteiger partial charge in [-0.15, -0.1) is 0 Å². The number of hydrogen-bond donors (Lipinski definition) is 0. The summed E-state index contributed by atoms with van der Waals surface area (Å²) in [6.07, 6.45) is 0. The predicted molar refractivity (Wildman–Crippen MR) is 69.7 cm³/mol. The van der Waals surface area contributed by atoms with Crippen molar-refractivity contribution in [1.29, 1.82) is 5.26 Å². The molecular formula is C12H7ClN4O3. The van der Waals surface area contributed by atoms with Crippen LogP contribution in [0.1, 0.15) is 11.4 Å². The highest BCUT2D eigenvalue weighted by atomic mass is 35.5. The van der Waals surface area contributed by atoms with Gasteiger partial charge in [-0.3, -0.25) is 10.1 Å². The summed E-state index contributed by atoms with van der Waals surface area (Å²) in [4.78, 5) is 17.9. The molecule has 0 saturated carbocycles. The Balaban J connectivity index is 2.33. The van der Waals surface area contributed by atoms with Gasteiger partial charge in [-0.25, -0.2) is 4.98 Å². The lowest BCUT2D eigenvalue weighted by Gasteiger charge is -2.06. The van der Waals surface area contributed by atoms with Crippen LogP contribution in [0.5, 0.6) is 11.8 Å². The van der Waals surface area contributed by atoms with Gasteiger partial charge in [0.25, 0.3) is 5.69 Å². The number of nitriles is 1. The Bertz CT molecular complexity index is 727. The molecule has 1 aromatic carbocycles. The largest absolute Gasteiger partial charge is 0.423 e. The fraction of sp³-hybridized carbons (Fsp3) is 0.0833. The second-order valence-corrected chi connectivity index (χ2v) is 4.17. The van der Waals surface area contributed by atoms with E-state index in [1.54, 1.807) is 6.92 Å². The van der Waals surface area contributed by atoms with Gasteiger partial charge in [0, 0.05) is 17.8 Å². The Kier molecular flexibility index (Phi) is 3.77. The van der Waals surface area contributed by atoms with E-state index in [4.69, 9.17) is 21.6 Å². The molecule has 0 N–H and O–H groups in total. The van der Waals surface area contributed by atoms with Crippen molar-refractivity contribution in [3.8, 4) is 17.8 Å². The number of benzene rings is 1. The number of aromatic nitrogens is 2. The van der Waals surface area contributed by atoms with Crippen molar-refractivity contribution in [2.75, 3.05) is 0 Å². The lowest BCUT2D eigenvalue weighted by Crippen LogP contribution is -1.97. The number of rotatable bonds is 3. The van der Waals surface area contributed by atoms with Crippen LogP contribution in [0.15, 0.2) is 24.3 Å². The van der Waals surface area contributed by atoms with Gasteiger partial charge in [-0.2, -0.15) is 10.2 Å². The molecule has 0 atom stereocenters. The van der Waals surface area contributed by atoms with Gasteiger partial charge in [0.1, 0.15) is 17.5 Å². The van der Waals surface area contributed by atoms with E-state index in [2.05, 4.69) is 9.97 Å². The molecule has 0 aliphatic rings. The van der Waals surface area contributed by atoms with E-state index in [1.807, 2.05) is 6.07 Å². The van der Waals surface area contributed by atoms with Crippen LogP contribution in [0, 0.1) is 28.4 Å². The maximum atomic E-state index is 10.6. The second kappa shape index (κ2) is 5.50. The van der Waals surface area contributed by atoms with Crippen molar-refractivity contribution in [1.82, 2.24) is 9.97 Å². The highest BCUT2D eigenvalue weighted by molar-refractivity contribution is 6.32. The molecular weight excluding hydrogens is 284 g/mol. The van der Waals surface area contributed by atoms with E-state index in [9.17, 15) is 10.1 Å². The Hall–Kier alpha value is -2.72. The van der Waals surface area contributed by atoms with E-state index in [-0.39, 0.29) is 28.2 Å². The first-order valence-corrected chi connectivity index (χ1v) is 5.75. The van der Waals surface area contributed by atoms with Gasteiger partial charge in [0.2, 0.25) is 0 Å². The molecule has 0 saturated heterocycles. The average Bonchev–Trinajstić information content (AvgIpc) is 2.40. The van der Waals surface area contributed by atoms with Gasteiger partial charge >= 0.3 is 6.01 Å². The maximum absolute atomic E-state index is 10.6. The normalized spacial score (nSPS) is 9.85. The SMILES string of the molecule is Cc1cc(C#N)nc(Oc2ccc([N+](=O)[O-])cc2Cl)n1. The van der Waals surface area contributed by atoms with Gasteiger partial charge in [-0.05, 0) is 19.1 Å². The number of halogens is 1. The molecule has 0 fully saturated rings. The Morgan fingerprint density at radius 2 is 2.15 bits per heavy atom. The fourth-order valence-electron chi connectivity index (χ4n) is 1.43. The van der Waals surface area contributed by atoms with Crippen LogP contribution in [0.4, 0.5) is 5.69 Å². The highest BCUT2D eigenvalue weighted by Crippen LogP contribution is 2.31. The summed E-state index contributed by atoms with van der Waals surface area (Å²) in [5.41, 5.74) is 0.570. The molecule has 8 heteroatoms. The molecule has 0 radical (unpaired) electrons. The zero-order valence-corrected chi connectivity index (χ0v) is 11.0. The molecule has 1 heterocycles. The number of nitro groups is 1. The van der Waals surface area contributed by atoms with Gasteiger partial charge in [-0.1, -0.05) is 11.6 Å². The van der Waals surface area contributed by atoms with Crippen LogP contribution < -0.4 is 4.74 Å². The number of ether oxygens (including phenoxy) is 1. The summed E-state index contributed by atoms with van der Waals surface area (Å²) in [5.74, 6) is 0.173. The molecule has 2 rings (SSSR count). The van der Waals surface area contributed by atoms with Crippen molar-refractivity contribution in [2.24, 2.45) is 0 Å². The molecule has 7 nitrogen and oxygen atoms in total. The zero-order valence-electron chi connectivity index (χ0n) is 10.2. The van der Waals surface area contributed by atoms with Crippen LogP contribution in [-0.4, -0.2) is 14.9 Å². The van der Waals surface area contributed by atoms with Crippen molar-refractivity contribution >= 4 is 17.3 Å². The first kappa shape index (κ1) is 13.7. The van der Waals surface area contributed by atoms with Gasteiger partial charge < -0.3 is 4.74 Å². The monoisotopic (exact) mass is 290 g/mol. The molecule has 0 bridgehead atoms. The summed E-state index contributed by atoms with van der Waals surface area (Å²) < 4.78 is 5.34. The maximum Gasteiger partial charge on any atom is 0.323 e. The molecule has 20 heavy (non-hydrogen) atoms. The number of non-ortho nitro benzene ring substituents is 1. The standard InChI is InChI=1S/C12H7ClN4O3/c1-7-4-8(6-14)16-12(15-7)20-11-3-2-9(17(18)19)5-10(11)13/h2-5H,1H3. The molecule has 0 aliphatic carbocycles. The van der Waals surface area contributed by atoms with Crippen LogP contribution >= 0.6 is 11.6 Å². The molecule has 0 aliphatic heterocycles. The van der Waals surface area contributed by atoms with Gasteiger partial charge in [0.05, 0.1) is 9.95 Å². The molecule has 2 aromatic rings. The Morgan fingerprint density at radius 3 is 2.75 bits per heavy atom. The number of hydrogen-bond acceptors (Lipinski definition) is 6. The second-order valence-electron chi connectivity index (χ2n) is 3.76. The minimum Gasteiger partial charge on any atom is -0.423 e. The third-order valence-electron chi connectivity index (χ3n) is 2.28. The summed E-state index contributed by atoms with van der Waals surface area (Å²) >= 11 is 5.89. The predicted octanol–water partition coefficient (Wildman–Crippen LogP) is 3.01. The van der Waals surface area contributed by atoms with Crippen LogP contribution in [-0.2, 0) is 0 Å². The van der Waals surface area contributed by atoms with Crippen molar-refractivity contribution in [2.45, 2.75) is 6.92 Å². The topological polar surface area (TPSA) is 102 Å². The quantitative estimate of drug-likeness (QED) is 0.636. The van der Waals surface area contributed by atoms with E-state index in [1.165, 1.54) is 18.2 Å². The Morgan fingerprint density at radius 1 is 1.40 bits per heavy atom. The third-order valence-corrected chi connectivity index (χ3v) is 2.57. The molecule has 0 unspecified atom stereocenters. The molecule has 0 amide bonds. The number of aryl methyl sites for hydroxylation is 1. The lowest BCUT2D eigenvalue weighted by atomic mass is 10.3. The van der Waals surface area contributed by atoms with Crippen molar-refractivity contribution in [3.63, 3.8) is 0 Å². The van der Waals surface area contributed by atoms with E-state index in [0.717, 1.165) is 6.07 Å². The lowest BCUT2D eigenvalue weighted by molar-refractivity contribution is -0.384. The summed E-state index contributed by atoms with van der Waals surface area (Å²) in [7, 11) is 0.